The van der Waals surface area contributed by atoms with Gasteiger partial charge in [0.25, 0.3) is 5.24 Å². The van der Waals surface area contributed by atoms with Gasteiger partial charge in [-0.25, -0.2) is 0 Å². The van der Waals surface area contributed by atoms with Gasteiger partial charge in [0.1, 0.15) is 11.3 Å². The van der Waals surface area contributed by atoms with Gasteiger partial charge in [-0.3, -0.25) is 9.59 Å². The summed E-state index contributed by atoms with van der Waals surface area (Å²) in [6, 6.07) is 9.65. The van der Waals surface area contributed by atoms with Gasteiger partial charge < -0.3 is 14.2 Å². The predicted octanol–water partition coefficient (Wildman–Crippen LogP) is 3.51. The molecule has 0 spiro atoms. The van der Waals surface area contributed by atoms with Crippen molar-refractivity contribution in [2.45, 2.75) is 19.4 Å². The lowest BCUT2D eigenvalue weighted by atomic mass is 10.2. The molecule has 2 aromatic rings. The lowest BCUT2D eigenvalue weighted by Crippen LogP contribution is -2.33. The highest BCUT2D eigenvalue weighted by atomic mass is 32.2. The van der Waals surface area contributed by atoms with Crippen LogP contribution in [0.1, 0.15) is 25.1 Å². The number of carbonyl (C=O) groups is 2. The van der Waals surface area contributed by atoms with Crippen molar-refractivity contribution in [1.29, 1.82) is 0 Å². The molecular weight excluding hydrogens is 312 g/mol. The lowest BCUT2D eigenvalue weighted by Gasteiger charge is -2.24. The summed E-state index contributed by atoms with van der Waals surface area (Å²) in [5.74, 6) is 1.61. The summed E-state index contributed by atoms with van der Waals surface area (Å²) in [4.78, 5) is 27.4. The summed E-state index contributed by atoms with van der Waals surface area (Å²) in [6.45, 7) is 3.17. The van der Waals surface area contributed by atoms with Gasteiger partial charge >= 0.3 is 0 Å². The zero-order valence-electron chi connectivity index (χ0n) is 13.3. The van der Waals surface area contributed by atoms with Gasteiger partial charge in [-0.15, -0.1) is 0 Å². The van der Waals surface area contributed by atoms with Crippen LogP contribution in [0.25, 0.3) is 11.0 Å². The average Bonchev–Trinajstić information content (AvgIpc) is 3.17. The standard InChI is InChI=1S/C17H20N2O3S/c1-12(15-11-13-5-3-4-6-14(13)22-15)18(2)16(20)7-8-19-9-10-23-17(19)21/h3-6,11-12H,7-10H2,1-2H3/t12-/m1/s1. The molecule has 0 unspecified atom stereocenters. The van der Waals surface area contributed by atoms with Crippen LogP contribution in [-0.4, -0.2) is 46.8 Å². The summed E-state index contributed by atoms with van der Waals surface area (Å²) in [7, 11) is 1.78. The molecular formula is C17H20N2O3S. The number of para-hydroxylation sites is 1. The summed E-state index contributed by atoms with van der Waals surface area (Å²) in [6.07, 6.45) is 0.341. The first-order valence-electron chi connectivity index (χ1n) is 7.72. The Morgan fingerprint density at radius 3 is 2.91 bits per heavy atom. The fourth-order valence-corrected chi connectivity index (χ4v) is 3.50. The minimum atomic E-state index is -0.140. The van der Waals surface area contributed by atoms with Gasteiger partial charge in [-0.2, -0.15) is 0 Å². The Hall–Kier alpha value is -1.95. The molecule has 122 valence electrons. The Bertz CT molecular complexity index is 694. The summed E-state index contributed by atoms with van der Waals surface area (Å²) >= 11 is 1.32. The Morgan fingerprint density at radius 1 is 1.43 bits per heavy atom. The number of rotatable bonds is 5. The third kappa shape index (κ3) is 3.37. The molecule has 1 aromatic heterocycles. The highest BCUT2D eigenvalue weighted by molar-refractivity contribution is 8.13. The summed E-state index contributed by atoms with van der Waals surface area (Å²) in [5.41, 5.74) is 0.829. The van der Waals surface area contributed by atoms with E-state index in [0.29, 0.717) is 13.0 Å². The van der Waals surface area contributed by atoms with Crippen molar-refractivity contribution in [3.63, 3.8) is 0 Å². The molecule has 1 atom stereocenters. The van der Waals surface area contributed by atoms with Crippen LogP contribution in [0.15, 0.2) is 34.7 Å². The monoisotopic (exact) mass is 332 g/mol. The van der Waals surface area contributed by atoms with E-state index in [2.05, 4.69) is 0 Å². The number of amides is 2. The molecule has 2 amide bonds. The molecule has 5 nitrogen and oxygen atoms in total. The second kappa shape index (κ2) is 6.66. The SMILES string of the molecule is C[C@H](c1cc2ccccc2o1)N(C)C(=O)CCN1CCSC1=O. The second-order valence-electron chi connectivity index (χ2n) is 5.72. The molecule has 1 aliphatic heterocycles. The molecule has 0 radical (unpaired) electrons. The maximum Gasteiger partial charge on any atom is 0.281 e. The number of thioether (sulfide) groups is 1. The van der Waals surface area contributed by atoms with E-state index in [1.165, 1.54) is 11.8 Å². The molecule has 1 fully saturated rings. The zero-order valence-corrected chi connectivity index (χ0v) is 14.1. The van der Waals surface area contributed by atoms with Crippen molar-refractivity contribution in [2.75, 3.05) is 25.9 Å². The van der Waals surface area contributed by atoms with E-state index < -0.39 is 0 Å². The van der Waals surface area contributed by atoms with Crippen LogP contribution in [0.2, 0.25) is 0 Å². The topological polar surface area (TPSA) is 53.8 Å². The van der Waals surface area contributed by atoms with E-state index in [0.717, 1.165) is 29.0 Å². The first-order chi connectivity index (χ1) is 11.1. The molecule has 0 saturated carbocycles. The Balaban J connectivity index is 1.62. The van der Waals surface area contributed by atoms with Gasteiger partial charge in [0.05, 0.1) is 6.04 Å². The molecule has 3 rings (SSSR count). The van der Waals surface area contributed by atoms with Crippen LogP contribution >= 0.6 is 11.8 Å². The molecule has 1 saturated heterocycles. The van der Waals surface area contributed by atoms with E-state index in [1.807, 2.05) is 37.3 Å². The number of nitrogens with zero attached hydrogens (tertiary/aromatic N) is 2. The number of benzene rings is 1. The lowest BCUT2D eigenvalue weighted by molar-refractivity contribution is -0.132. The number of carbonyl (C=O) groups excluding carboxylic acids is 2. The maximum atomic E-state index is 12.4. The fourth-order valence-electron chi connectivity index (χ4n) is 2.65. The van der Waals surface area contributed by atoms with E-state index >= 15 is 0 Å². The van der Waals surface area contributed by atoms with Gasteiger partial charge in [-0.1, -0.05) is 30.0 Å². The number of fused-ring (bicyclic) bond motifs is 1. The highest BCUT2D eigenvalue weighted by Crippen LogP contribution is 2.27. The number of furan rings is 1. The van der Waals surface area contributed by atoms with Crippen molar-refractivity contribution < 1.29 is 14.0 Å². The number of hydrogen-bond donors (Lipinski definition) is 0. The minimum Gasteiger partial charge on any atom is -0.459 e. The van der Waals surface area contributed by atoms with E-state index in [-0.39, 0.29) is 17.2 Å². The quantitative estimate of drug-likeness (QED) is 0.841. The Morgan fingerprint density at radius 2 is 2.22 bits per heavy atom. The molecule has 6 heteroatoms. The maximum absolute atomic E-state index is 12.4. The molecule has 0 bridgehead atoms. The minimum absolute atomic E-state index is 0.0163. The summed E-state index contributed by atoms with van der Waals surface area (Å²) < 4.78 is 5.83. The van der Waals surface area contributed by atoms with Crippen LogP contribution in [-0.2, 0) is 4.79 Å². The van der Waals surface area contributed by atoms with Crippen molar-refractivity contribution in [3.05, 3.63) is 36.1 Å². The first-order valence-corrected chi connectivity index (χ1v) is 8.70. The molecule has 1 aromatic carbocycles. The van der Waals surface area contributed by atoms with Crippen molar-refractivity contribution in [1.82, 2.24) is 9.80 Å². The van der Waals surface area contributed by atoms with Crippen LogP contribution < -0.4 is 0 Å². The van der Waals surface area contributed by atoms with Gasteiger partial charge in [0.15, 0.2) is 0 Å². The van der Waals surface area contributed by atoms with Crippen molar-refractivity contribution in [2.24, 2.45) is 0 Å². The van der Waals surface area contributed by atoms with Gasteiger partial charge in [0.2, 0.25) is 5.91 Å². The highest BCUT2D eigenvalue weighted by Gasteiger charge is 2.24. The second-order valence-corrected chi connectivity index (χ2v) is 6.76. The molecule has 1 aliphatic rings. The third-order valence-electron chi connectivity index (χ3n) is 4.27. The molecule has 23 heavy (non-hydrogen) atoms. The van der Waals surface area contributed by atoms with Crippen LogP contribution in [0.4, 0.5) is 4.79 Å². The molecule has 0 aliphatic carbocycles. The van der Waals surface area contributed by atoms with Crippen LogP contribution in [0.5, 0.6) is 0 Å². The molecule has 2 heterocycles. The van der Waals surface area contributed by atoms with Crippen LogP contribution in [0.3, 0.4) is 0 Å². The van der Waals surface area contributed by atoms with Crippen molar-refractivity contribution >= 4 is 33.9 Å². The largest absolute Gasteiger partial charge is 0.459 e. The average molecular weight is 332 g/mol. The van der Waals surface area contributed by atoms with Gasteiger partial charge in [-0.05, 0) is 19.1 Å². The third-order valence-corrected chi connectivity index (χ3v) is 5.16. The normalized spacial score (nSPS) is 16.1. The van der Waals surface area contributed by atoms with E-state index in [9.17, 15) is 9.59 Å². The first kappa shape index (κ1) is 15.9. The van der Waals surface area contributed by atoms with E-state index in [1.54, 1.807) is 16.8 Å². The predicted molar refractivity (Wildman–Crippen MR) is 91.4 cm³/mol. The van der Waals surface area contributed by atoms with Crippen molar-refractivity contribution in [3.8, 4) is 0 Å². The van der Waals surface area contributed by atoms with E-state index in [4.69, 9.17) is 4.42 Å². The van der Waals surface area contributed by atoms with Gasteiger partial charge in [0, 0.05) is 37.7 Å². The Kier molecular flexibility index (Phi) is 4.61. The smallest absolute Gasteiger partial charge is 0.281 e. The molecule has 0 N–H and O–H groups in total. The number of hydrogen-bond acceptors (Lipinski definition) is 4. The zero-order chi connectivity index (χ0) is 16.4. The fraction of sp³-hybridized carbons (Fsp3) is 0.412. The van der Waals surface area contributed by atoms with Crippen LogP contribution in [0, 0.1) is 0 Å². The summed E-state index contributed by atoms with van der Waals surface area (Å²) in [5, 5.41) is 1.11. The Labute approximate surface area is 139 Å².